The maximum atomic E-state index is 11.4. The fraction of sp³-hybridized carbons (Fsp3) is 0.429. The Kier molecular flexibility index (Phi) is 4.77. The summed E-state index contributed by atoms with van der Waals surface area (Å²) < 4.78 is 0.783. The molecule has 0 radical (unpaired) electrons. The Balaban J connectivity index is 1.94. The van der Waals surface area contributed by atoms with Gasteiger partial charge < -0.3 is 15.3 Å². The van der Waals surface area contributed by atoms with Gasteiger partial charge in [0.05, 0.1) is 5.56 Å². The zero-order chi connectivity index (χ0) is 14.7. The van der Waals surface area contributed by atoms with Gasteiger partial charge in [0.1, 0.15) is 0 Å². The molecule has 1 aromatic rings. The molecule has 0 saturated carbocycles. The average molecular weight is 341 g/mol. The van der Waals surface area contributed by atoms with Gasteiger partial charge in [-0.25, -0.2) is 4.79 Å². The standard InChI is InChI=1S/C14H17BrN2O3/c1-17-8-11(4-5-13(17)18)16-7-10-3-2-9(14(19)20)6-12(10)15/h2-3,6,11,16H,4-5,7-8H2,1H3,(H,19,20). The Morgan fingerprint density at radius 2 is 2.30 bits per heavy atom. The van der Waals surface area contributed by atoms with Gasteiger partial charge in [0, 0.05) is 37.1 Å². The summed E-state index contributed by atoms with van der Waals surface area (Å²) in [5.74, 6) is -0.743. The molecule has 0 aliphatic carbocycles. The molecule has 0 aromatic heterocycles. The van der Waals surface area contributed by atoms with Crippen molar-refractivity contribution in [2.75, 3.05) is 13.6 Å². The summed E-state index contributed by atoms with van der Waals surface area (Å²) in [6.07, 6.45) is 1.42. The van der Waals surface area contributed by atoms with Crippen molar-refractivity contribution in [2.24, 2.45) is 0 Å². The smallest absolute Gasteiger partial charge is 0.335 e. The Morgan fingerprint density at radius 3 is 2.90 bits per heavy atom. The first-order valence-corrected chi connectivity index (χ1v) is 7.25. The van der Waals surface area contributed by atoms with E-state index in [9.17, 15) is 9.59 Å². The monoisotopic (exact) mass is 340 g/mol. The third kappa shape index (κ3) is 3.58. The first kappa shape index (κ1) is 15.0. The van der Waals surface area contributed by atoms with Crippen LogP contribution in [0, 0.1) is 0 Å². The second-order valence-electron chi connectivity index (χ2n) is 5.00. The van der Waals surface area contributed by atoms with Crippen LogP contribution in [0.5, 0.6) is 0 Å². The highest BCUT2D eigenvalue weighted by molar-refractivity contribution is 9.10. The summed E-state index contributed by atoms with van der Waals surface area (Å²) in [4.78, 5) is 24.0. The molecule has 1 atom stereocenters. The first-order chi connectivity index (χ1) is 9.47. The zero-order valence-corrected chi connectivity index (χ0v) is 12.8. The van der Waals surface area contributed by atoms with Crippen molar-refractivity contribution in [1.29, 1.82) is 0 Å². The van der Waals surface area contributed by atoms with Gasteiger partial charge in [-0.3, -0.25) is 4.79 Å². The molecule has 1 heterocycles. The summed E-state index contributed by atoms with van der Waals surface area (Å²) in [7, 11) is 1.81. The third-order valence-electron chi connectivity index (χ3n) is 3.51. The molecule has 1 saturated heterocycles. The molecule has 6 heteroatoms. The van der Waals surface area contributed by atoms with Gasteiger partial charge in [-0.2, -0.15) is 0 Å². The van der Waals surface area contributed by atoms with Crippen LogP contribution >= 0.6 is 15.9 Å². The Hall–Kier alpha value is -1.40. The van der Waals surface area contributed by atoms with Crippen LogP contribution in [-0.4, -0.2) is 41.5 Å². The fourth-order valence-corrected chi connectivity index (χ4v) is 2.78. The summed E-state index contributed by atoms with van der Waals surface area (Å²) in [5, 5.41) is 12.3. The predicted molar refractivity (Wildman–Crippen MR) is 78.6 cm³/mol. The third-order valence-corrected chi connectivity index (χ3v) is 4.25. The molecule has 2 N–H and O–H groups in total. The van der Waals surface area contributed by atoms with Crippen LogP contribution < -0.4 is 5.32 Å². The van der Waals surface area contributed by atoms with Crippen molar-refractivity contribution in [1.82, 2.24) is 10.2 Å². The number of benzene rings is 1. The SMILES string of the molecule is CN1CC(NCc2ccc(C(=O)O)cc2Br)CCC1=O. The minimum Gasteiger partial charge on any atom is -0.478 e. The number of rotatable bonds is 4. The second-order valence-corrected chi connectivity index (χ2v) is 5.86. The largest absolute Gasteiger partial charge is 0.478 e. The highest BCUT2D eigenvalue weighted by Gasteiger charge is 2.22. The molecular weight excluding hydrogens is 324 g/mol. The van der Waals surface area contributed by atoms with Gasteiger partial charge in [0.25, 0.3) is 0 Å². The van der Waals surface area contributed by atoms with Crippen molar-refractivity contribution >= 4 is 27.8 Å². The second kappa shape index (κ2) is 6.37. The van der Waals surface area contributed by atoms with Crippen molar-refractivity contribution < 1.29 is 14.7 Å². The van der Waals surface area contributed by atoms with Crippen LogP contribution in [0.2, 0.25) is 0 Å². The van der Waals surface area contributed by atoms with Crippen LogP contribution in [-0.2, 0) is 11.3 Å². The Morgan fingerprint density at radius 1 is 1.55 bits per heavy atom. The molecule has 20 heavy (non-hydrogen) atoms. The van der Waals surface area contributed by atoms with Crippen LogP contribution in [0.4, 0.5) is 0 Å². The lowest BCUT2D eigenvalue weighted by Crippen LogP contribution is -2.46. The van der Waals surface area contributed by atoms with E-state index in [1.165, 1.54) is 0 Å². The molecule has 1 unspecified atom stereocenters. The molecule has 0 bridgehead atoms. The predicted octanol–water partition coefficient (Wildman–Crippen LogP) is 1.86. The average Bonchev–Trinajstić information content (AvgIpc) is 2.41. The molecule has 0 spiro atoms. The number of piperidine rings is 1. The van der Waals surface area contributed by atoms with E-state index in [1.807, 2.05) is 7.05 Å². The van der Waals surface area contributed by atoms with E-state index in [1.54, 1.807) is 23.1 Å². The summed E-state index contributed by atoms with van der Waals surface area (Å²) in [5.41, 5.74) is 1.28. The Labute approximate surface area is 126 Å². The molecule has 1 aliphatic heterocycles. The minimum atomic E-state index is -0.933. The van der Waals surface area contributed by atoms with Crippen molar-refractivity contribution in [3.63, 3.8) is 0 Å². The van der Waals surface area contributed by atoms with Crippen LogP contribution in [0.25, 0.3) is 0 Å². The van der Waals surface area contributed by atoms with Crippen LogP contribution in [0.15, 0.2) is 22.7 Å². The highest BCUT2D eigenvalue weighted by Crippen LogP contribution is 2.19. The van der Waals surface area contributed by atoms with Crippen molar-refractivity contribution in [3.8, 4) is 0 Å². The molecule has 5 nitrogen and oxygen atoms in total. The lowest BCUT2D eigenvalue weighted by molar-refractivity contribution is -0.132. The van der Waals surface area contributed by atoms with E-state index in [0.29, 0.717) is 19.5 Å². The zero-order valence-electron chi connectivity index (χ0n) is 11.2. The van der Waals surface area contributed by atoms with Crippen molar-refractivity contribution in [3.05, 3.63) is 33.8 Å². The number of carboxylic acids is 1. The number of nitrogens with one attached hydrogen (secondary N) is 1. The molecular formula is C14H17BrN2O3. The van der Waals surface area contributed by atoms with Crippen LogP contribution in [0.1, 0.15) is 28.8 Å². The van der Waals surface area contributed by atoms with Gasteiger partial charge in [-0.05, 0) is 24.1 Å². The summed E-state index contributed by atoms with van der Waals surface area (Å²) >= 11 is 3.39. The number of nitrogens with zero attached hydrogens (tertiary/aromatic N) is 1. The van der Waals surface area contributed by atoms with Crippen molar-refractivity contribution in [2.45, 2.75) is 25.4 Å². The number of hydrogen-bond acceptors (Lipinski definition) is 3. The van der Waals surface area contributed by atoms with Gasteiger partial charge in [-0.1, -0.05) is 22.0 Å². The number of carboxylic acid groups (broad SMARTS) is 1. The Bertz CT molecular complexity index is 533. The molecule has 1 fully saturated rings. The van der Waals surface area contributed by atoms with E-state index in [0.717, 1.165) is 16.5 Å². The molecule has 1 aromatic carbocycles. The molecule has 1 amide bonds. The fourth-order valence-electron chi connectivity index (χ4n) is 2.26. The number of likely N-dealkylation sites (N-methyl/N-ethyl adjacent to an activating group) is 1. The molecule has 1 aliphatic rings. The van der Waals surface area contributed by atoms with E-state index in [4.69, 9.17) is 5.11 Å². The normalized spacial score (nSPS) is 19.2. The summed E-state index contributed by atoms with van der Waals surface area (Å²) in [6, 6.07) is 5.29. The number of aromatic carboxylic acids is 1. The topological polar surface area (TPSA) is 69.6 Å². The number of amides is 1. The van der Waals surface area contributed by atoms with Gasteiger partial charge in [0.15, 0.2) is 0 Å². The number of likely N-dealkylation sites (tertiary alicyclic amines) is 1. The van der Waals surface area contributed by atoms with E-state index in [2.05, 4.69) is 21.2 Å². The first-order valence-electron chi connectivity index (χ1n) is 6.46. The van der Waals surface area contributed by atoms with E-state index >= 15 is 0 Å². The summed E-state index contributed by atoms with van der Waals surface area (Å²) in [6.45, 7) is 1.36. The van der Waals surface area contributed by atoms with Gasteiger partial charge >= 0.3 is 5.97 Å². The lowest BCUT2D eigenvalue weighted by atomic mass is 10.0. The molecule has 108 valence electrons. The molecule has 2 rings (SSSR count). The maximum absolute atomic E-state index is 11.4. The maximum Gasteiger partial charge on any atom is 0.335 e. The number of carbonyl (C=O) groups is 2. The van der Waals surface area contributed by atoms with E-state index in [-0.39, 0.29) is 17.5 Å². The lowest BCUT2D eigenvalue weighted by Gasteiger charge is -2.30. The van der Waals surface area contributed by atoms with Crippen LogP contribution in [0.3, 0.4) is 0 Å². The minimum absolute atomic E-state index is 0.190. The number of halogens is 1. The highest BCUT2D eigenvalue weighted by atomic mass is 79.9. The quantitative estimate of drug-likeness (QED) is 0.877. The van der Waals surface area contributed by atoms with E-state index < -0.39 is 5.97 Å². The van der Waals surface area contributed by atoms with Gasteiger partial charge in [-0.15, -0.1) is 0 Å². The van der Waals surface area contributed by atoms with Gasteiger partial charge in [0.2, 0.25) is 5.91 Å². The number of hydrogen-bond donors (Lipinski definition) is 2. The number of carbonyl (C=O) groups excluding carboxylic acids is 1.